The van der Waals surface area contributed by atoms with Crippen LogP contribution >= 0.6 is 0 Å². The number of hydrogen-bond donors (Lipinski definition) is 4. The van der Waals surface area contributed by atoms with Gasteiger partial charge in [-0.25, -0.2) is 24.7 Å². The van der Waals surface area contributed by atoms with E-state index in [0.29, 0.717) is 0 Å². The molecule has 0 bridgehead atoms. The molecule has 1 heterocycles. The molecule has 8 nitrogen and oxygen atoms in total. The Morgan fingerprint density at radius 3 is 2.43 bits per heavy atom. The Hall–Kier alpha value is -1.61. The number of H-pyrrole nitrogens is 1. The summed E-state index contributed by atoms with van der Waals surface area (Å²) in [5, 5.41) is -0.294. The molecule has 14 heavy (non-hydrogen) atoms. The van der Waals surface area contributed by atoms with E-state index in [2.05, 4.69) is 15.4 Å². The average molecular weight is 219 g/mol. The summed E-state index contributed by atoms with van der Waals surface area (Å²) in [4.78, 5) is 5.97. The maximum atomic E-state index is 11.1. The molecule has 1 aromatic rings. The quantitative estimate of drug-likeness (QED) is 0.249. The molecule has 1 aromatic heterocycles. The molecule has 0 aliphatic rings. The van der Waals surface area contributed by atoms with Crippen LogP contribution in [0.4, 0.5) is 17.3 Å². The van der Waals surface area contributed by atoms with Crippen LogP contribution in [0.1, 0.15) is 0 Å². The highest BCUT2D eigenvalue weighted by atomic mass is 32.2. The van der Waals surface area contributed by atoms with Gasteiger partial charge in [0.2, 0.25) is 15.7 Å². The highest BCUT2D eigenvalue weighted by Crippen LogP contribution is 2.17. The Morgan fingerprint density at radius 1 is 1.43 bits per heavy atom. The van der Waals surface area contributed by atoms with E-state index in [9.17, 15) is 8.42 Å². The molecule has 0 spiro atoms. The zero-order chi connectivity index (χ0) is 10.9. The molecule has 0 atom stereocenters. The number of rotatable bonds is 2. The third kappa shape index (κ3) is 1.83. The maximum absolute atomic E-state index is 11.1. The molecule has 0 aliphatic heterocycles. The van der Waals surface area contributed by atoms with Crippen molar-refractivity contribution in [2.75, 3.05) is 23.1 Å². The fourth-order valence-corrected chi connectivity index (χ4v) is 1.34. The van der Waals surface area contributed by atoms with Crippen LogP contribution in [-0.4, -0.2) is 19.7 Å². The first-order valence-electron chi connectivity index (χ1n) is 3.51. The van der Waals surface area contributed by atoms with Crippen molar-refractivity contribution >= 4 is 27.2 Å². The number of nitrogen functional groups attached to an aromatic ring is 3. The minimum Gasteiger partial charge on any atom is -0.389 e. The molecule has 8 N–H and O–H groups in total. The van der Waals surface area contributed by atoms with E-state index in [1.54, 1.807) is 0 Å². The molecule has 0 unspecified atom stereocenters. The van der Waals surface area contributed by atoms with Gasteiger partial charge in [-0.15, -0.1) is 0 Å². The Balaban J connectivity index is 3.46. The molecular formula is C5H11N6O2S+. The van der Waals surface area contributed by atoms with Gasteiger partial charge in [0.1, 0.15) is 0 Å². The molecular weight excluding hydrogens is 208 g/mol. The van der Waals surface area contributed by atoms with E-state index in [-0.39, 0.29) is 22.5 Å². The van der Waals surface area contributed by atoms with Gasteiger partial charge in [-0.3, -0.25) is 0 Å². The van der Waals surface area contributed by atoms with Crippen LogP contribution in [0, 0.1) is 0 Å². The summed E-state index contributed by atoms with van der Waals surface area (Å²) in [5.41, 5.74) is 13.1. The van der Waals surface area contributed by atoms with E-state index >= 15 is 0 Å². The van der Waals surface area contributed by atoms with E-state index < -0.39 is 9.84 Å². The molecule has 1 rings (SSSR count). The van der Waals surface area contributed by atoms with Gasteiger partial charge < -0.3 is 11.5 Å². The van der Waals surface area contributed by atoms with E-state index in [1.165, 1.54) is 0 Å². The van der Waals surface area contributed by atoms with Crippen LogP contribution in [0.25, 0.3) is 0 Å². The second-order valence-corrected chi connectivity index (χ2v) is 4.56. The summed E-state index contributed by atoms with van der Waals surface area (Å²) in [6.45, 7) is 0. The SMILES string of the molecule is CS(=O)(=O)c1nc(N)c(N)c(NN)[nH+]1. The van der Waals surface area contributed by atoms with Gasteiger partial charge >= 0.3 is 5.16 Å². The second-order valence-electron chi connectivity index (χ2n) is 2.63. The summed E-state index contributed by atoms with van der Waals surface area (Å²) in [7, 11) is -3.47. The molecule has 0 saturated heterocycles. The van der Waals surface area contributed by atoms with Crippen molar-refractivity contribution in [1.29, 1.82) is 0 Å². The monoisotopic (exact) mass is 219 g/mol. The third-order valence-electron chi connectivity index (χ3n) is 1.49. The maximum Gasteiger partial charge on any atom is 0.356 e. The molecule has 0 radical (unpaired) electrons. The van der Waals surface area contributed by atoms with Gasteiger partial charge in [-0.2, -0.15) is 0 Å². The molecule has 0 fully saturated rings. The van der Waals surface area contributed by atoms with Gasteiger partial charge in [0.25, 0.3) is 5.82 Å². The van der Waals surface area contributed by atoms with Crippen LogP contribution in [0.2, 0.25) is 0 Å². The fraction of sp³-hybridized carbons (Fsp3) is 0.200. The Labute approximate surface area is 80.4 Å². The lowest BCUT2D eigenvalue weighted by atomic mass is 10.4. The number of nitrogens with one attached hydrogen (secondary N) is 2. The third-order valence-corrected chi connectivity index (χ3v) is 2.39. The second kappa shape index (κ2) is 3.27. The van der Waals surface area contributed by atoms with Crippen LogP contribution in [0.3, 0.4) is 0 Å². The summed E-state index contributed by atoms with van der Waals surface area (Å²) < 4.78 is 22.2. The van der Waals surface area contributed by atoms with Crippen molar-refractivity contribution in [1.82, 2.24) is 4.98 Å². The van der Waals surface area contributed by atoms with Gasteiger partial charge in [0.05, 0.1) is 0 Å². The van der Waals surface area contributed by atoms with Crippen molar-refractivity contribution in [3.8, 4) is 0 Å². The minimum absolute atomic E-state index is 0.0694. The smallest absolute Gasteiger partial charge is 0.356 e. The highest BCUT2D eigenvalue weighted by molar-refractivity contribution is 7.90. The summed E-state index contributed by atoms with van der Waals surface area (Å²) in [6.07, 6.45) is 0.988. The number of aromatic amines is 1. The lowest BCUT2D eigenvalue weighted by Crippen LogP contribution is -2.27. The van der Waals surface area contributed by atoms with Crippen molar-refractivity contribution in [2.24, 2.45) is 5.84 Å². The first-order chi connectivity index (χ1) is 6.36. The predicted octanol–water partition coefficient (Wildman–Crippen LogP) is -2.25. The first-order valence-corrected chi connectivity index (χ1v) is 5.40. The van der Waals surface area contributed by atoms with E-state index in [0.717, 1.165) is 6.26 Å². The van der Waals surface area contributed by atoms with Gasteiger partial charge in [0, 0.05) is 6.26 Å². The van der Waals surface area contributed by atoms with Crippen molar-refractivity contribution in [3.05, 3.63) is 0 Å². The zero-order valence-corrected chi connectivity index (χ0v) is 8.22. The number of aromatic nitrogens is 2. The number of sulfone groups is 1. The number of nitrogens with zero attached hydrogens (tertiary/aromatic N) is 1. The minimum atomic E-state index is -3.47. The Morgan fingerprint density at radius 2 is 2.00 bits per heavy atom. The van der Waals surface area contributed by atoms with Gasteiger partial charge in [-0.05, 0) is 0 Å². The predicted molar refractivity (Wildman–Crippen MR) is 50.5 cm³/mol. The number of nitrogens with two attached hydrogens (primary N) is 3. The number of hydrazine groups is 1. The van der Waals surface area contributed by atoms with Crippen LogP contribution in [0.15, 0.2) is 5.16 Å². The normalized spacial score (nSPS) is 11.3. The highest BCUT2D eigenvalue weighted by Gasteiger charge is 2.22. The zero-order valence-electron chi connectivity index (χ0n) is 7.40. The Bertz CT molecular complexity index is 456. The number of anilines is 3. The summed E-state index contributed by atoms with van der Waals surface area (Å²) in [6, 6.07) is 0. The fourth-order valence-electron chi connectivity index (χ4n) is 0.789. The Kier molecular flexibility index (Phi) is 2.45. The van der Waals surface area contributed by atoms with Crippen molar-refractivity contribution in [3.63, 3.8) is 0 Å². The van der Waals surface area contributed by atoms with Crippen molar-refractivity contribution in [2.45, 2.75) is 5.16 Å². The summed E-state index contributed by atoms with van der Waals surface area (Å²) in [5.74, 6) is 5.10. The molecule has 9 heteroatoms. The molecule has 78 valence electrons. The molecule has 0 aromatic carbocycles. The first kappa shape index (κ1) is 10.5. The van der Waals surface area contributed by atoms with Gasteiger partial charge in [0.15, 0.2) is 5.69 Å². The summed E-state index contributed by atoms with van der Waals surface area (Å²) >= 11 is 0. The van der Waals surface area contributed by atoms with E-state index in [1.807, 2.05) is 0 Å². The van der Waals surface area contributed by atoms with Crippen molar-refractivity contribution < 1.29 is 13.4 Å². The van der Waals surface area contributed by atoms with E-state index in [4.69, 9.17) is 17.3 Å². The lowest BCUT2D eigenvalue weighted by Gasteiger charge is -2.01. The average Bonchev–Trinajstić information content (AvgIpc) is 2.07. The topological polar surface area (TPSA) is 151 Å². The lowest BCUT2D eigenvalue weighted by molar-refractivity contribution is -0.418. The van der Waals surface area contributed by atoms with Crippen LogP contribution in [-0.2, 0) is 9.84 Å². The van der Waals surface area contributed by atoms with Crippen LogP contribution in [0.5, 0.6) is 0 Å². The van der Waals surface area contributed by atoms with Gasteiger partial charge in [-0.1, -0.05) is 4.98 Å². The molecule has 0 amide bonds. The largest absolute Gasteiger partial charge is 0.389 e. The van der Waals surface area contributed by atoms with Crippen LogP contribution < -0.4 is 27.7 Å². The molecule has 0 aliphatic carbocycles. The standard InChI is InChI=1S/C5H10N6O2S/c1-14(12,13)5-9-3(7)2(6)4(10-5)11-8/h6,8H2,1H3,(H3,7,9,10,11)/p+1. The molecule has 0 saturated carbocycles. The number of hydrogen-bond acceptors (Lipinski definition) is 7.